The predicted molar refractivity (Wildman–Crippen MR) is 120 cm³/mol. The molecule has 158 valence electrons. The number of nitrogens with one attached hydrogen (secondary N) is 1. The summed E-state index contributed by atoms with van der Waals surface area (Å²) in [5, 5.41) is 3.56. The van der Waals surface area contributed by atoms with Gasteiger partial charge in [-0.1, -0.05) is 40.2 Å². The summed E-state index contributed by atoms with van der Waals surface area (Å²) in [5.74, 6) is 1.55. The quantitative estimate of drug-likeness (QED) is 0.537. The second-order valence-electron chi connectivity index (χ2n) is 7.26. The van der Waals surface area contributed by atoms with Gasteiger partial charge in [-0.05, 0) is 49.7 Å². The molecule has 0 unspecified atom stereocenters. The Morgan fingerprint density at radius 2 is 1.93 bits per heavy atom. The average molecular weight is 463 g/mol. The van der Waals surface area contributed by atoms with E-state index in [4.69, 9.17) is 14.2 Å². The van der Waals surface area contributed by atoms with Crippen LogP contribution in [0.15, 0.2) is 40.9 Å². The van der Waals surface area contributed by atoms with E-state index in [2.05, 4.69) is 45.2 Å². The highest BCUT2D eigenvalue weighted by molar-refractivity contribution is 9.10. The maximum Gasteiger partial charge on any atom is 0.167 e. The largest absolute Gasteiger partial charge is 0.493 e. The Hall–Kier alpha value is -1.60. The summed E-state index contributed by atoms with van der Waals surface area (Å²) in [6, 6.07) is 12.3. The van der Waals surface area contributed by atoms with Crippen molar-refractivity contribution >= 4 is 15.9 Å². The summed E-state index contributed by atoms with van der Waals surface area (Å²) < 4.78 is 18.3. The lowest BCUT2D eigenvalue weighted by molar-refractivity contribution is 0.0374. The van der Waals surface area contributed by atoms with E-state index in [0.29, 0.717) is 6.61 Å². The maximum absolute atomic E-state index is 6.24. The Bertz CT molecular complexity index is 779. The van der Waals surface area contributed by atoms with Crippen LogP contribution >= 0.6 is 15.9 Å². The van der Waals surface area contributed by atoms with Crippen molar-refractivity contribution in [1.29, 1.82) is 0 Å². The molecule has 3 rings (SSSR count). The molecule has 0 spiro atoms. The van der Waals surface area contributed by atoms with Gasteiger partial charge in [0.1, 0.15) is 6.61 Å². The van der Waals surface area contributed by atoms with E-state index >= 15 is 0 Å². The molecular formula is C23H31BrN2O3. The molecular weight excluding hydrogens is 432 g/mol. The molecule has 2 aromatic rings. The van der Waals surface area contributed by atoms with E-state index in [1.165, 1.54) is 11.1 Å². The molecule has 6 heteroatoms. The van der Waals surface area contributed by atoms with Crippen LogP contribution < -0.4 is 14.8 Å². The summed E-state index contributed by atoms with van der Waals surface area (Å²) >= 11 is 3.69. The first kappa shape index (κ1) is 22.1. The van der Waals surface area contributed by atoms with Crippen LogP contribution in [0, 0.1) is 6.92 Å². The zero-order valence-electron chi connectivity index (χ0n) is 17.4. The zero-order chi connectivity index (χ0) is 20.5. The summed E-state index contributed by atoms with van der Waals surface area (Å²) in [5.41, 5.74) is 3.49. The molecule has 0 atom stereocenters. The topological polar surface area (TPSA) is 43.0 Å². The molecule has 1 aliphatic rings. The molecule has 1 fully saturated rings. The van der Waals surface area contributed by atoms with Crippen LogP contribution in [-0.4, -0.2) is 51.4 Å². The van der Waals surface area contributed by atoms with Gasteiger partial charge in [-0.15, -0.1) is 0 Å². The summed E-state index contributed by atoms with van der Waals surface area (Å²) in [7, 11) is 1.68. The molecule has 0 radical (unpaired) electrons. The lowest BCUT2D eigenvalue weighted by Gasteiger charge is -2.26. The summed E-state index contributed by atoms with van der Waals surface area (Å²) in [6.45, 7) is 9.19. The van der Waals surface area contributed by atoms with Crippen molar-refractivity contribution in [2.24, 2.45) is 0 Å². The molecule has 0 bridgehead atoms. The van der Waals surface area contributed by atoms with Gasteiger partial charge in [0.2, 0.25) is 0 Å². The Balaban J connectivity index is 1.58. The second kappa shape index (κ2) is 11.6. The van der Waals surface area contributed by atoms with Crippen LogP contribution in [0.4, 0.5) is 0 Å². The van der Waals surface area contributed by atoms with Crippen LogP contribution in [-0.2, 0) is 17.9 Å². The van der Waals surface area contributed by atoms with E-state index in [1.54, 1.807) is 7.11 Å². The first-order chi connectivity index (χ1) is 14.2. The van der Waals surface area contributed by atoms with Gasteiger partial charge < -0.3 is 19.5 Å². The monoisotopic (exact) mass is 462 g/mol. The van der Waals surface area contributed by atoms with Gasteiger partial charge in [-0.3, -0.25) is 4.90 Å². The number of hydrogen-bond acceptors (Lipinski definition) is 5. The van der Waals surface area contributed by atoms with E-state index in [1.807, 2.05) is 24.3 Å². The molecule has 0 aromatic heterocycles. The fourth-order valence-electron chi connectivity index (χ4n) is 3.45. The van der Waals surface area contributed by atoms with E-state index in [-0.39, 0.29) is 0 Å². The number of morpholine rings is 1. The van der Waals surface area contributed by atoms with Crippen LogP contribution in [0.1, 0.15) is 23.1 Å². The molecule has 1 saturated heterocycles. The highest BCUT2D eigenvalue weighted by Crippen LogP contribution is 2.37. The second-order valence-corrected chi connectivity index (χ2v) is 8.11. The zero-order valence-corrected chi connectivity index (χ0v) is 19.0. The van der Waals surface area contributed by atoms with Gasteiger partial charge in [0.05, 0.1) is 20.3 Å². The van der Waals surface area contributed by atoms with E-state index in [9.17, 15) is 0 Å². The van der Waals surface area contributed by atoms with Crippen LogP contribution in [0.2, 0.25) is 0 Å². The number of hydrogen-bond donors (Lipinski definition) is 1. The third-order valence-corrected chi connectivity index (χ3v) is 6.00. The first-order valence-electron chi connectivity index (χ1n) is 10.2. The van der Waals surface area contributed by atoms with Crippen LogP contribution in [0.3, 0.4) is 0 Å². The van der Waals surface area contributed by atoms with Crippen molar-refractivity contribution < 1.29 is 14.2 Å². The summed E-state index contributed by atoms with van der Waals surface area (Å²) in [4.78, 5) is 2.46. The number of rotatable bonds is 10. The van der Waals surface area contributed by atoms with Crippen molar-refractivity contribution in [2.45, 2.75) is 26.5 Å². The van der Waals surface area contributed by atoms with Gasteiger partial charge in [0, 0.05) is 29.7 Å². The number of methoxy groups -OCH3 is 1. The van der Waals surface area contributed by atoms with Crippen LogP contribution in [0.5, 0.6) is 11.5 Å². The van der Waals surface area contributed by atoms with Crippen molar-refractivity contribution in [2.75, 3.05) is 46.5 Å². The minimum atomic E-state index is 0.517. The molecule has 2 aromatic carbocycles. The fourth-order valence-corrected chi connectivity index (χ4v) is 3.91. The van der Waals surface area contributed by atoms with Crippen molar-refractivity contribution in [1.82, 2.24) is 10.2 Å². The average Bonchev–Trinajstić information content (AvgIpc) is 2.75. The number of aryl methyl sites for hydroxylation is 1. The third-order valence-electron chi connectivity index (χ3n) is 5.25. The van der Waals surface area contributed by atoms with Crippen molar-refractivity contribution in [3.8, 4) is 11.5 Å². The molecule has 0 saturated carbocycles. The lowest BCUT2D eigenvalue weighted by Crippen LogP contribution is -2.37. The number of ether oxygens (including phenoxy) is 3. The normalized spacial score (nSPS) is 14.7. The first-order valence-corrected chi connectivity index (χ1v) is 11.0. The molecule has 29 heavy (non-hydrogen) atoms. The number of nitrogens with zero attached hydrogens (tertiary/aromatic N) is 1. The molecule has 5 nitrogen and oxygen atoms in total. The fraction of sp³-hybridized carbons (Fsp3) is 0.478. The van der Waals surface area contributed by atoms with Crippen LogP contribution in [0.25, 0.3) is 0 Å². The molecule has 0 amide bonds. The molecule has 0 aliphatic carbocycles. The summed E-state index contributed by atoms with van der Waals surface area (Å²) in [6.07, 6.45) is 1.11. The smallest absolute Gasteiger partial charge is 0.167 e. The van der Waals surface area contributed by atoms with Gasteiger partial charge in [0.25, 0.3) is 0 Å². The standard InChI is InChI=1S/C23H31BrN2O3/c1-18-6-3-4-7-19(18)17-29-23-20(21(24)8-9-22(23)27-2)16-25-10-5-11-26-12-14-28-15-13-26/h3-4,6-9,25H,5,10-17H2,1-2H3. The van der Waals surface area contributed by atoms with Gasteiger partial charge in [-0.25, -0.2) is 0 Å². The minimum Gasteiger partial charge on any atom is -0.493 e. The Labute approximate surface area is 182 Å². The third kappa shape index (κ3) is 6.44. The molecule has 1 N–H and O–H groups in total. The Morgan fingerprint density at radius 3 is 2.69 bits per heavy atom. The SMILES string of the molecule is COc1ccc(Br)c(CNCCCN2CCOCC2)c1OCc1ccccc1C. The predicted octanol–water partition coefficient (Wildman–Crippen LogP) is 4.16. The van der Waals surface area contributed by atoms with Gasteiger partial charge in [0.15, 0.2) is 11.5 Å². The highest BCUT2D eigenvalue weighted by atomic mass is 79.9. The highest BCUT2D eigenvalue weighted by Gasteiger charge is 2.15. The Morgan fingerprint density at radius 1 is 1.14 bits per heavy atom. The van der Waals surface area contributed by atoms with Gasteiger partial charge in [-0.2, -0.15) is 0 Å². The van der Waals surface area contributed by atoms with Gasteiger partial charge >= 0.3 is 0 Å². The van der Waals surface area contributed by atoms with E-state index < -0.39 is 0 Å². The molecule has 1 aliphatic heterocycles. The lowest BCUT2D eigenvalue weighted by atomic mass is 10.1. The Kier molecular flexibility index (Phi) is 8.80. The van der Waals surface area contributed by atoms with Crippen molar-refractivity contribution in [3.63, 3.8) is 0 Å². The molecule has 1 heterocycles. The van der Waals surface area contributed by atoms with E-state index in [0.717, 1.165) is 73.9 Å². The van der Waals surface area contributed by atoms with Crippen molar-refractivity contribution in [3.05, 3.63) is 57.6 Å². The number of halogens is 1. The number of benzene rings is 2. The maximum atomic E-state index is 6.24. The minimum absolute atomic E-state index is 0.517.